The van der Waals surface area contributed by atoms with Crippen molar-refractivity contribution < 1.29 is 13.9 Å². The molecule has 2 rings (SSSR count). The van der Waals surface area contributed by atoms with Gasteiger partial charge >= 0.3 is 0 Å². The van der Waals surface area contributed by atoms with Gasteiger partial charge in [0.05, 0.1) is 0 Å². The largest absolute Gasteiger partial charge is 0.485 e. The van der Waals surface area contributed by atoms with Crippen molar-refractivity contribution in [3.05, 3.63) is 41.9 Å². The Balaban J connectivity index is 2.49. The fraction of sp³-hybridized carbons (Fsp3) is 0.333. The molecule has 1 aromatic rings. The predicted molar refractivity (Wildman–Crippen MR) is 70.2 cm³/mol. The molecule has 1 aliphatic rings. The first-order valence-corrected chi connectivity index (χ1v) is 5.85. The summed E-state index contributed by atoms with van der Waals surface area (Å²) in [6, 6.07) is 3.44. The fourth-order valence-electron chi connectivity index (χ4n) is 1.84. The molecule has 0 unspecified atom stereocenters. The molecule has 0 radical (unpaired) electrons. The van der Waals surface area contributed by atoms with Crippen LogP contribution in [0.2, 0.25) is 0 Å². The van der Waals surface area contributed by atoms with E-state index in [1.165, 1.54) is 0 Å². The fourth-order valence-corrected chi connectivity index (χ4v) is 1.84. The number of ether oxygens (including phenoxy) is 2. The van der Waals surface area contributed by atoms with Gasteiger partial charge in [-0.05, 0) is 51.5 Å². The van der Waals surface area contributed by atoms with Crippen LogP contribution in [0.1, 0.15) is 33.3 Å². The van der Waals surface area contributed by atoms with Crippen LogP contribution in [0.4, 0.5) is 4.39 Å². The maximum Gasteiger partial charge on any atom is 0.208 e. The van der Waals surface area contributed by atoms with Crippen molar-refractivity contribution in [1.29, 1.82) is 0 Å². The number of rotatable bonds is 1. The van der Waals surface area contributed by atoms with Crippen LogP contribution in [-0.4, -0.2) is 5.60 Å². The molecule has 2 nitrogen and oxygen atoms in total. The van der Waals surface area contributed by atoms with Crippen LogP contribution in [0.25, 0.3) is 5.57 Å². The SMILES string of the molecule is C=C1C=C(C)c2ccc(OC(C)(C)C)c(F)c2O1. The third-order valence-corrected chi connectivity index (χ3v) is 2.51. The summed E-state index contributed by atoms with van der Waals surface area (Å²) in [7, 11) is 0. The van der Waals surface area contributed by atoms with Crippen LogP contribution in [0.15, 0.2) is 30.5 Å². The van der Waals surface area contributed by atoms with Gasteiger partial charge in [0, 0.05) is 5.56 Å². The van der Waals surface area contributed by atoms with Crippen LogP contribution < -0.4 is 9.47 Å². The molecule has 0 saturated heterocycles. The molecular formula is C15H17FO2. The van der Waals surface area contributed by atoms with Crippen molar-refractivity contribution in [3.8, 4) is 11.5 Å². The van der Waals surface area contributed by atoms with Gasteiger partial charge in [-0.15, -0.1) is 0 Å². The Kier molecular flexibility index (Phi) is 2.93. The highest BCUT2D eigenvalue weighted by Gasteiger charge is 2.23. The van der Waals surface area contributed by atoms with Gasteiger partial charge in [-0.1, -0.05) is 6.58 Å². The normalized spacial score (nSPS) is 14.7. The van der Waals surface area contributed by atoms with E-state index in [2.05, 4.69) is 6.58 Å². The Bertz CT molecular complexity index is 536. The summed E-state index contributed by atoms with van der Waals surface area (Å²) in [5.41, 5.74) is 1.22. The highest BCUT2D eigenvalue weighted by molar-refractivity contribution is 5.74. The second-order valence-corrected chi connectivity index (χ2v) is 5.36. The van der Waals surface area contributed by atoms with Crippen LogP contribution >= 0.6 is 0 Å². The van der Waals surface area contributed by atoms with Crippen molar-refractivity contribution in [2.45, 2.75) is 33.3 Å². The second kappa shape index (κ2) is 4.16. The van der Waals surface area contributed by atoms with Crippen LogP contribution in [0.5, 0.6) is 11.5 Å². The first-order chi connectivity index (χ1) is 8.28. The molecule has 18 heavy (non-hydrogen) atoms. The Morgan fingerprint density at radius 1 is 1.28 bits per heavy atom. The van der Waals surface area contributed by atoms with E-state index in [4.69, 9.17) is 9.47 Å². The molecule has 0 fully saturated rings. The number of fused-ring (bicyclic) bond motifs is 1. The summed E-state index contributed by atoms with van der Waals surface area (Å²) < 4.78 is 25.2. The first kappa shape index (κ1) is 12.7. The zero-order valence-corrected chi connectivity index (χ0v) is 11.1. The summed E-state index contributed by atoms with van der Waals surface area (Å²) in [5.74, 6) is 0.355. The monoisotopic (exact) mass is 248 g/mol. The lowest BCUT2D eigenvalue weighted by atomic mass is 10.0. The molecule has 0 aliphatic carbocycles. The van der Waals surface area contributed by atoms with Crippen LogP contribution in [-0.2, 0) is 0 Å². The van der Waals surface area contributed by atoms with E-state index >= 15 is 0 Å². The summed E-state index contributed by atoms with van der Waals surface area (Å²) in [4.78, 5) is 0. The summed E-state index contributed by atoms with van der Waals surface area (Å²) >= 11 is 0. The van der Waals surface area contributed by atoms with Crippen LogP contribution in [0, 0.1) is 5.82 Å². The molecule has 1 aliphatic heterocycles. The molecule has 1 heterocycles. The minimum Gasteiger partial charge on any atom is -0.485 e. The van der Waals surface area contributed by atoms with Crippen molar-refractivity contribution >= 4 is 5.57 Å². The van der Waals surface area contributed by atoms with Gasteiger partial charge in [0.2, 0.25) is 5.82 Å². The van der Waals surface area contributed by atoms with Gasteiger partial charge in [-0.2, -0.15) is 4.39 Å². The zero-order chi connectivity index (χ0) is 13.5. The maximum atomic E-state index is 14.3. The van der Waals surface area contributed by atoms with E-state index in [0.717, 1.165) is 11.1 Å². The minimum atomic E-state index is -0.476. The van der Waals surface area contributed by atoms with E-state index in [-0.39, 0.29) is 11.5 Å². The topological polar surface area (TPSA) is 18.5 Å². The smallest absolute Gasteiger partial charge is 0.208 e. The number of benzene rings is 1. The van der Waals surface area contributed by atoms with Crippen molar-refractivity contribution in [2.75, 3.05) is 0 Å². The second-order valence-electron chi connectivity index (χ2n) is 5.36. The zero-order valence-electron chi connectivity index (χ0n) is 11.1. The van der Waals surface area contributed by atoms with Gasteiger partial charge in [-0.3, -0.25) is 0 Å². The van der Waals surface area contributed by atoms with E-state index in [0.29, 0.717) is 5.76 Å². The molecule has 0 spiro atoms. The summed E-state index contributed by atoms with van der Waals surface area (Å²) in [6.45, 7) is 11.2. The predicted octanol–water partition coefficient (Wildman–Crippen LogP) is 4.31. The minimum absolute atomic E-state index is 0.196. The molecule has 96 valence electrons. The highest BCUT2D eigenvalue weighted by Crippen LogP contribution is 2.39. The summed E-state index contributed by atoms with van der Waals surface area (Å²) in [5, 5.41) is 0. The van der Waals surface area contributed by atoms with Gasteiger partial charge in [-0.25, -0.2) is 0 Å². The molecule has 3 heteroatoms. The lowest BCUT2D eigenvalue weighted by Crippen LogP contribution is -2.23. The van der Waals surface area contributed by atoms with Gasteiger partial charge in [0.1, 0.15) is 11.4 Å². The molecular weight excluding hydrogens is 231 g/mol. The number of hydrogen-bond donors (Lipinski definition) is 0. The maximum absolute atomic E-state index is 14.3. The van der Waals surface area contributed by atoms with E-state index < -0.39 is 11.4 Å². The van der Waals surface area contributed by atoms with Crippen LogP contribution in [0.3, 0.4) is 0 Å². The number of hydrogen-bond acceptors (Lipinski definition) is 2. The average Bonchev–Trinajstić information content (AvgIpc) is 2.21. The Labute approximate surface area is 107 Å². The molecule has 0 saturated carbocycles. The van der Waals surface area contributed by atoms with Gasteiger partial charge in [0.15, 0.2) is 11.5 Å². The van der Waals surface area contributed by atoms with Gasteiger partial charge in [0.25, 0.3) is 0 Å². The standard InChI is InChI=1S/C15H17FO2/c1-9-8-10(2)17-14-11(9)6-7-12(13(14)16)18-15(3,4)5/h6-8H,2H2,1,3-5H3. The Morgan fingerprint density at radius 3 is 2.56 bits per heavy atom. The van der Waals surface area contributed by atoms with Crippen molar-refractivity contribution in [3.63, 3.8) is 0 Å². The molecule has 0 N–H and O–H groups in total. The highest BCUT2D eigenvalue weighted by atomic mass is 19.1. The van der Waals surface area contributed by atoms with Gasteiger partial charge < -0.3 is 9.47 Å². The van der Waals surface area contributed by atoms with E-state index in [9.17, 15) is 4.39 Å². The van der Waals surface area contributed by atoms with E-state index in [1.54, 1.807) is 18.2 Å². The molecule has 1 aromatic carbocycles. The third kappa shape index (κ3) is 2.40. The molecule has 0 atom stereocenters. The molecule has 0 aromatic heterocycles. The van der Waals surface area contributed by atoms with Crippen molar-refractivity contribution in [2.24, 2.45) is 0 Å². The summed E-state index contributed by atoms with van der Waals surface area (Å²) in [6.07, 6.45) is 1.78. The lowest BCUT2D eigenvalue weighted by Gasteiger charge is -2.24. The lowest BCUT2D eigenvalue weighted by molar-refractivity contribution is 0.123. The Morgan fingerprint density at radius 2 is 1.94 bits per heavy atom. The number of halogens is 1. The number of allylic oxidation sites excluding steroid dienone is 2. The van der Waals surface area contributed by atoms with Crippen molar-refractivity contribution in [1.82, 2.24) is 0 Å². The molecule has 0 amide bonds. The van der Waals surface area contributed by atoms with E-state index in [1.807, 2.05) is 27.7 Å². The average molecular weight is 248 g/mol. The third-order valence-electron chi connectivity index (χ3n) is 2.51. The molecule has 0 bridgehead atoms. The first-order valence-electron chi connectivity index (χ1n) is 5.85. The quantitative estimate of drug-likeness (QED) is 0.737. The Hall–Kier alpha value is -1.77.